The maximum Gasteiger partial charge on any atom is 0.243 e. The first-order valence-electron chi connectivity index (χ1n) is 6.97. The van der Waals surface area contributed by atoms with Crippen LogP contribution in [0, 0.1) is 11.7 Å². The number of nitrogens with zero attached hydrogens (tertiary/aromatic N) is 1. The molecule has 0 radical (unpaired) electrons. The molecule has 1 fully saturated rings. The predicted octanol–water partition coefficient (Wildman–Crippen LogP) is 2.00. The summed E-state index contributed by atoms with van der Waals surface area (Å²) in [5.74, 6) is -0.467. The van der Waals surface area contributed by atoms with E-state index in [2.05, 4.69) is 0 Å². The van der Waals surface area contributed by atoms with Crippen molar-refractivity contribution in [2.45, 2.75) is 30.7 Å². The standard InChI is InChI=1S/C14H21FN2O3S.ClH/c1-10-4-3-7-17(13(10)9-16)21(18,19)11-5-6-14(20-2)12(15)8-11;/h5-6,8,10,13H,3-4,7,9,16H2,1-2H3;1H. The molecule has 2 atom stereocenters. The van der Waals surface area contributed by atoms with E-state index < -0.39 is 15.8 Å². The fourth-order valence-corrected chi connectivity index (χ4v) is 4.59. The Morgan fingerprint density at radius 3 is 2.68 bits per heavy atom. The van der Waals surface area contributed by atoms with Crippen LogP contribution in [0.1, 0.15) is 19.8 Å². The summed E-state index contributed by atoms with van der Waals surface area (Å²) in [5.41, 5.74) is 5.73. The Morgan fingerprint density at radius 2 is 2.14 bits per heavy atom. The normalized spacial score (nSPS) is 22.9. The lowest BCUT2D eigenvalue weighted by atomic mass is 9.93. The monoisotopic (exact) mass is 352 g/mol. The first kappa shape index (κ1) is 19.2. The van der Waals surface area contributed by atoms with Crippen molar-refractivity contribution in [3.05, 3.63) is 24.0 Å². The molecule has 2 unspecified atom stereocenters. The summed E-state index contributed by atoms with van der Waals surface area (Å²) in [5, 5.41) is 0. The lowest BCUT2D eigenvalue weighted by molar-refractivity contribution is 0.192. The Morgan fingerprint density at radius 1 is 1.45 bits per heavy atom. The SMILES string of the molecule is COc1ccc(S(=O)(=O)N2CCCC(C)C2CN)cc1F.Cl. The maximum absolute atomic E-state index is 13.8. The van der Waals surface area contributed by atoms with E-state index in [-0.39, 0.29) is 41.6 Å². The van der Waals surface area contributed by atoms with Crippen LogP contribution >= 0.6 is 12.4 Å². The van der Waals surface area contributed by atoms with Crippen molar-refractivity contribution in [2.24, 2.45) is 11.7 Å². The number of rotatable bonds is 4. The molecule has 1 heterocycles. The van der Waals surface area contributed by atoms with E-state index in [1.165, 1.54) is 23.5 Å². The minimum Gasteiger partial charge on any atom is -0.494 e. The van der Waals surface area contributed by atoms with Crippen molar-refractivity contribution in [2.75, 3.05) is 20.2 Å². The van der Waals surface area contributed by atoms with Crippen LogP contribution in [0.5, 0.6) is 5.75 Å². The van der Waals surface area contributed by atoms with Crippen molar-refractivity contribution < 1.29 is 17.5 Å². The number of piperidine rings is 1. The zero-order chi connectivity index (χ0) is 15.6. The van der Waals surface area contributed by atoms with Crippen LogP contribution in [-0.2, 0) is 10.0 Å². The van der Waals surface area contributed by atoms with E-state index >= 15 is 0 Å². The Labute approximate surface area is 137 Å². The van der Waals surface area contributed by atoms with Crippen LogP contribution < -0.4 is 10.5 Å². The van der Waals surface area contributed by atoms with Crippen LogP contribution in [0.2, 0.25) is 0 Å². The summed E-state index contributed by atoms with van der Waals surface area (Å²) >= 11 is 0. The fourth-order valence-electron chi connectivity index (χ4n) is 2.80. The summed E-state index contributed by atoms with van der Waals surface area (Å²) in [4.78, 5) is -0.0617. The van der Waals surface area contributed by atoms with Crippen LogP contribution in [0.25, 0.3) is 0 Å². The van der Waals surface area contributed by atoms with Gasteiger partial charge in [0.2, 0.25) is 10.0 Å². The number of nitrogens with two attached hydrogens (primary N) is 1. The number of methoxy groups -OCH3 is 1. The largest absolute Gasteiger partial charge is 0.494 e. The smallest absolute Gasteiger partial charge is 0.243 e. The van der Waals surface area contributed by atoms with Crippen LogP contribution in [0.4, 0.5) is 4.39 Å². The molecule has 2 rings (SSSR count). The number of ether oxygens (including phenoxy) is 1. The van der Waals surface area contributed by atoms with Gasteiger partial charge < -0.3 is 10.5 Å². The molecule has 2 N–H and O–H groups in total. The molecular weight excluding hydrogens is 331 g/mol. The summed E-state index contributed by atoms with van der Waals surface area (Å²) < 4.78 is 45.4. The van der Waals surface area contributed by atoms with Crippen molar-refractivity contribution in [3.63, 3.8) is 0 Å². The Balaban J connectivity index is 0.00000242. The number of hydrogen-bond acceptors (Lipinski definition) is 4. The zero-order valence-corrected chi connectivity index (χ0v) is 14.3. The third-order valence-electron chi connectivity index (χ3n) is 4.04. The van der Waals surface area contributed by atoms with Gasteiger partial charge in [-0.05, 0) is 37.0 Å². The van der Waals surface area contributed by atoms with Gasteiger partial charge in [-0.25, -0.2) is 12.8 Å². The molecule has 0 bridgehead atoms. The zero-order valence-electron chi connectivity index (χ0n) is 12.7. The second-order valence-corrected chi connectivity index (χ2v) is 7.23. The minimum absolute atomic E-state index is 0. The molecule has 126 valence electrons. The summed E-state index contributed by atoms with van der Waals surface area (Å²) in [6, 6.07) is 3.45. The topological polar surface area (TPSA) is 72.6 Å². The van der Waals surface area contributed by atoms with Gasteiger partial charge in [-0.15, -0.1) is 12.4 Å². The van der Waals surface area contributed by atoms with Gasteiger partial charge in [0.05, 0.1) is 12.0 Å². The molecule has 5 nitrogen and oxygen atoms in total. The first-order valence-corrected chi connectivity index (χ1v) is 8.41. The number of halogens is 2. The highest BCUT2D eigenvalue weighted by Gasteiger charge is 2.36. The average molecular weight is 353 g/mol. The Hall–Kier alpha value is -0.890. The number of hydrogen-bond donors (Lipinski definition) is 1. The molecule has 0 spiro atoms. The second kappa shape index (κ2) is 7.59. The molecule has 1 saturated heterocycles. The van der Waals surface area contributed by atoms with Gasteiger partial charge in [0.25, 0.3) is 0 Å². The summed E-state index contributed by atoms with van der Waals surface area (Å²) in [6.07, 6.45) is 1.74. The van der Waals surface area contributed by atoms with Gasteiger partial charge in [0.15, 0.2) is 11.6 Å². The highest BCUT2D eigenvalue weighted by Crippen LogP contribution is 2.30. The highest BCUT2D eigenvalue weighted by atomic mass is 35.5. The van der Waals surface area contributed by atoms with Gasteiger partial charge in [0, 0.05) is 19.1 Å². The minimum atomic E-state index is -3.75. The molecule has 0 aromatic heterocycles. The molecule has 22 heavy (non-hydrogen) atoms. The van der Waals surface area contributed by atoms with Crippen LogP contribution in [-0.4, -0.2) is 39.0 Å². The van der Waals surface area contributed by atoms with E-state index in [0.717, 1.165) is 18.9 Å². The third-order valence-corrected chi connectivity index (χ3v) is 5.96. The van der Waals surface area contributed by atoms with Gasteiger partial charge in [-0.3, -0.25) is 0 Å². The lowest BCUT2D eigenvalue weighted by Crippen LogP contribution is -2.51. The van der Waals surface area contributed by atoms with Crippen molar-refractivity contribution in [3.8, 4) is 5.75 Å². The molecule has 1 aromatic carbocycles. The Kier molecular flexibility index (Phi) is 6.61. The molecule has 8 heteroatoms. The van der Waals surface area contributed by atoms with Gasteiger partial charge in [-0.2, -0.15) is 4.31 Å². The molecule has 1 aliphatic heterocycles. The highest BCUT2D eigenvalue weighted by molar-refractivity contribution is 7.89. The molecule has 0 aliphatic carbocycles. The molecule has 0 saturated carbocycles. The van der Waals surface area contributed by atoms with E-state index in [0.29, 0.717) is 6.54 Å². The lowest BCUT2D eigenvalue weighted by Gasteiger charge is -2.38. The van der Waals surface area contributed by atoms with E-state index in [9.17, 15) is 12.8 Å². The molecule has 1 aromatic rings. The van der Waals surface area contributed by atoms with Gasteiger partial charge >= 0.3 is 0 Å². The number of sulfonamides is 1. The second-order valence-electron chi connectivity index (χ2n) is 5.33. The maximum atomic E-state index is 13.8. The molecular formula is C14H22ClFN2O3S. The fraction of sp³-hybridized carbons (Fsp3) is 0.571. The number of benzene rings is 1. The predicted molar refractivity (Wildman–Crippen MR) is 85.3 cm³/mol. The first-order chi connectivity index (χ1) is 9.91. The van der Waals surface area contributed by atoms with E-state index in [1.807, 2.05) is 6.92 Å². The van der Waals surface area contributed by atoms with Gasteiger partial charge in [-0.1, -0.05) is 6.92 Å². The quantitative estimate of drug-likeness (QED) is 0.899. The molecule has 0 amide bonds. The van der Waals surface area contributed by atoms with Crippen molar-refractivity contribution >= 4 is 22.4 Å². The Bertz CT molecular complexity index is 612. The van der Waals surface area contributed by atoms with Crippen molar-refractivity contribution in [1.82, 2.24) is 4.31 Å². The van der Waals surface area contributed by atoms with E-state index in [4.69, 9.17) is 10.5 Å². The van der Waals surface area contributed by atoms with Crippen LogP contribution in [0.15, 0.2) is 23.1 Å². The summed E-state index contributed by atoms with van der Waals surface area (Å²) in [7, 11) is -2.41. The van der Waals surface area contributed by atoms with Gasteiger partial charge in [0.1, 0.15) is 0 Å². The van der Waals surface area contributed by atoms with E-state index in [1.54, 1.807) is 0 Å². The third kappa shape index (κ3) is 3.53. The molecule has 1 aliphatic rings. The van der Waals surface area contributed by atoms with Crippen molar-refractivity contribution in [1.29, 1.82) is 0 Å². The summed E-state index contributed by atoms with van der Waals surface area (Å²) in [6.45, 7) is 2.68. The average Bonchev–Trinajstić information content (AvgIpc) is 2.46. The van der Waals surface area contributed by atoms with Crippen LogP contribution in [0.3, 0.4) is 0 Å².